The molecule has 0 bridgehead atoms. The molecule has 0 unspecified atom stereocenters. The normalized spacial score (nSPS) is 10.3. The van der Waals surface area contributed by atoms with Gasteiger partial charge in [0.15, 0.2) is 0 Å². The van der Waals surface area contributed by atoms with E-state index in [0.717, 1.165) is 14.7 Å². The minimum absolute atomic E-state index is 0.647. The zero-order valence-electron chi connectivity index (χ0n) is 7.87. The zero-order chi connectivity index (χ0) is 10.8. The SMILES string of the molecule is Cn1n[c]cc1Oc1cc(Br)ccc1Br. The van der Waals surface area contributed by atoms with E-state index in [-0.39, 0.29) is 0 Å². The van der Waals surface area contributed by atoms with Crippen molar-refractivity contribution in [3.63, 3.8) is 0 Å². The third-order valence-electron chi connectivity index (χ3n) is 1.82. The van der Waals surface area contributed by atoms with Crippen LogP contribution in [0.15, 0.2) is 33.2 Å². The molecule has 0 N–H and O–H groups in total. The Hall–Kier alpha value is -0.810. The molecular weight excluding hydrogens is 324 g/mol. The predicted octanol–water partition coefficient (Wildman–Crippen LogP) is 3.54. The summed E-state index contributed by atoms with van der Waals surface area (Å²) in [6, 6.07) is 7.43. The summed E-state index contributed by atoms with van der Waals surface area (Å²) in [6.45, 7) is 0. The third-order valence-corrected chi connectivity index (χ3v) is 2.97. The first kappa shape index (κ1) is 10.7. The monoisotopic (exact) mass is 329 g/mol. The minimum Gasteiger partial charge on any atom is -0.438 e. The summed E-state index contributed by atoms with van der Waals surface area (Å²) in [4.78, 5) is 0. The van der Waals surface area contributed by atoms with Crippen LogP contribution in [0, 0.1) is 6.20 Å². The Morgan fingerprint density at radius 1 is 1.40 bits per heavy atom. The van der Waals surface area contributed by atoms with Crippen LogP contribution in [0.2, 0.25) is 0 Å². The van der Waals surface area contributed by atoms with E-state index >= 15 is 0 Å². The standard InChI is InChI=1S/C10H7Br2N2O/c1-14-10(4-5-13-14)15-9-6-7(11)2-3-8(9)12/h2-4,6H,1H3. The van der Waals surface area contributed by atoms with Crippen molar-refractivity contribution in [1.29, 1.82) is 0 Å². The van der Waals surface area contributed by atoms with Crippen LogP contribution >= 0.6 is 31.9 Å². The highest BCUT2D eigenvalue weighted by atomic mass is 79.9. The van der Waals surface area contributed by atoms with Crippen LogP contribution in [0.25, 0.3) is 0 Å². The van der Waals surface area contributed by atoms with Crippen molar-refractivity contribution < 1.29 is 4.74 Å². The molecule has 0 aliphatic rings. The van der Waals surface area contributed by atoms with Crippen LogP contribution in [0.1, 0.15) is 0 Å². The maximum atomic E-state index is 5.65. The van der Waals surface area contributed by atoms with E-state index < -0.39 is 0 Å². The summed E-state index contributed by atoms with van der Waals surface area (Å²) < 4.78 is 9.13. The fourth-order valence-electron chi connectivity index (χ4n) is 1.08. The molecule has 2 rings (SSSR count). The van der Waals surface area contributed by atoms with Crippen molar-refractivity contribution in [2.45, 2.75) is 0 Å². The Kier molecular flexibility index (Phi) is 3.11. The number of halogens is 2. The molecule has 0 fully saturated rings. The molecule has 0 saturated carbocycles. The van der Waals surface area contributed by atoms with Gasteiger partial charge in [-0.15, -0.1) is 0 Å². The lowest BCUT2D eigenvalue weighted by atomic mass is 10.3. The van der Waals surface area contributed by atoms with Crippen LogP contribution in [0.5, 0.6) is 11.6 Å². The summed E-state index contributed by atoms with van der Waals surface area (Å²) in [5, 5.41) is 3.90. The fraction of sp³-hybridized carbons (Fsp3) is 0.100. The number of nitrogens with zero attached hydrogens (tertiary/aromatic N) is 2. The Bertz CT molecular complexity index is 482. The lowest BCUT2D eigenvalue weighted by Gasteiger charge is -2.07. The average Bonchev–Trinajstić information content (AvgIpc) is 2.58. The molecule has 77 valence electrons. The number of benzene rings is 1. The number of hydrogen-bond donors (Lipinski definition) is 0. The van der Waals surface area contributed by atoms with Gasteiger partial charge in [0.2, 0.25) is 5.88 Å². The Morgan fingerprint density at radius 3 is 2.87 bits per heavy atom. The van der Waals surface area contributed by atoms with Crippen molar-refractivity contribution in [1.82, 2.24) is 9.78 Å². The molecule has 1 aromatic carbocycles. The van der Waals surface area contributed by atoms with Crippen LogP contribution < -0.4 is 4.74 Å². The van der Waals surface area contributed by atoms with Gasteiger partial charge in [0.1, 0.15) is 11.9 Å². The van der Waals surface area contributed by atoms with Crippen molar-refractivity contribution in [3.8, 4) is 11.6 Å². The van der Waals surface area contributed by atoms with E-state index in [1.165, 1.54) is 0 Å². The van der Waals surface area contributed by atoms with E-state index in [2.05, 4.69) is 43.2 Å². The molecule has 1 radical (unpaired) electrons. The van der Waals surface area contributed by atoms with Gasteiger partial charge in [-0.2, -0.15) is 5.10 Å². The van der Waals surface area contributed by atoms with Crippen LogP contribution in [0.3, 0.4) is 0 Å². The van der Waals surface area contributed by atoms with Gasteiger partial charge in [0.25, 0.3) is 0 Å². The van der Waals surface area contributed by atoms with Crippen molar-refractivity contribution in [3.05, 3.63) is 39.4 Å². The molecule has 3 nitrogen and oxygen atoms in total. The molecule has 0 aliphatic carbocycles. The minimum atomic E-state index is 0.647. The first-order valence-electron chi connectivity index (χ1n) is 4.20. The average molecular weight is 331 g/mol. The topological polar surface area (TPSA) is 27.1 Å². The molecular formula is C10H7Br2N2O. The Balaban J connectivity index is 2.32. The van der Waals surface area contributed by atoms with Gasteiger partial charge >= 0.3 is 0 Å². The molecule has 0 saturated heterocycles. The smallest absolute Gasteiger partial charge is 0.218 e. The van der Waals surface area contributed by atoms with Crippen molar-refractivity contribution in [2.75, 3.05) is 0 Å². The largest absolute Gasteiger partial charge is 0.438 e. The van der Waals surface area contributed by atoms with E-state index in [0.29, 0.717) is 5.88 Å². The first-order chi connectivity index (χ1) is 7.16. The van der Waals surface area contributed by atoms with Crippen molar-refractivity contribution >= 4 is 31.9 Å². The maximum absolute atomic E-state index is 5.65. The molecule has 0 amide bonds. The van der Waals surface area contributed by atoms with Crippen LogP contribution in [-0.4, -0.2) is 9.78 Å². The lowest BCUT2D eigenvalue weighted by molar-refractivity contribution is 0.428. The summed E-state index contributed by atoms with van der Waals surface area (Å²) in [5.41, 5.74) is 0. The van der Waals surface area contributed by atoms with Crippen LogP contribution in [0.4, 0.5) is 0 Å². The van der Waals surface area contributed by atoms with Crippen LogP contribution in [-0.2, 0) is 7.05 Å². The molecule has 5 heteroatoms. The molecule has 1 heterocycles. The quantitative estimate of drug-likeness (QED) is 0.842. The molecule has 15 heavy (non-hydrogen) atoms. The number of ether oxygens (including phenoxy) is 1. The number of aromatic nitrogens is 2. The van der Waals surface area contributed by atoms with E-state index in [9.17, 15) is 0 Å². The fourth-order valence-corrected chi connectivity index (χ4v) is 1.74. The maximum Gasteiger partial charge on any atom is 0.218 e. The summed E-state index contributed by atoms with van der Waals surface area (Å²) in [6.07, 6.45) is 2.71. The lowest BCUT2D eigenvalue weighted by Crippen LogP contribution is -1.95. The highest BCUT2D eigenvalue weighted by molar-refractivity contribution is 9.11. The highest BCUT2D eigenvalue weighted by Crippen LogP contribution is 2.31. The summed E-state index contributed by atoms with van der Waals surface area (Å²) in [5.74, 6) is 1.38. The van der Waals surface area contributed by atoms with E-state index in [4.69, 9.17) is 4.74 Å². The van der Waals surface area contributed by atoms with Gasteiger partial charge in [0, 0.05) is 17.6 Å². The molecule has 1 aromatic heterocycles. The predicted molar refractivity (Wildman–Crippen MR) is 64.0 cm³/mol. The zero-order valence-corrected chi connectivity index (χ0v) is 11.0. The van der Waals surface area contributed by atoms with Crippen molar-refractivity contribution in [2.24, 2.45) is 7.05 Å². The van der Waals surface area contributed by atoms with Gasteiger partial charge in [0.05, 0.1) is 4.47 Å². The molecule has 0 aliphatic heterocycles. The second kappa shape index (κ2) is 4.37. The van der Waals surface area contributed by atoms with E-state index in [1.54, 1.807) is 17.8 Å². The summed E-state index contributed by atoms with van der Waals surface area (Å²) >= 11 is 6.80. The van der Waals surface area contributed by atoms with Gasteiger partial charge in [-0.25, -0.2) is 4.68 Å². The van der Waals surface area contributed by atoms with E-state index in [1.807, 2.05) is 18.2 Å². The second-order valence-electron chi connectivity index (χ2n) is 2.91. The van der Waals surface area contributed by atoms with Gasteiger partial charge in [-0.05, 0) is 34.1 Å². The summed E-state index contributed by atoms with van der Waals surface area (Å²) in [7, 11) is 1.80. The number of hydrogen-bond acceptors (Lipinski definition) is 2. The Labute approximate surface area is 104 Å². The second-order valence-corrected chi connectivity index (χ2v) is 4.68. The Morgan fingerprint density at radius 2 is 2.20 bits per heavy atom. The number of rotatable bonds is 2. The molecule has 0 spiro atoms. The molecule has 2 aromatic rings. The highest BCUT2D eigenvalue weighted by Gasteiger charge is 2.06. The van der Waals surface area contributed by atoms with Gasteiger partial charge in [-0.3, -0.25) is 0 Å². The van der Waals surface area contributed by atoms with Gasteiger partial charge in [-0.1, -0.05) is 15.9 Å². The third kappa shape index (κ3) is 2.41. The van der Waals surface area contributed by atoms with Gasteiger partial charge < -0.3 is 4.74 Å². The molecule has 0 atom stereocenters. The number of aryl methyl sites for hydroxylation is 1. The first-order valence-corrected chi connectivity index (χ1v) is 5.78.